The van der Waals surface area contributed by atoms with Crippen LogP contribution in [0.5, 0.6) is 5.75 Å². The van der Waals surface area contributed by atoms with Crippen molar-refractivity contribution in [3.05, 3.63) is 187 Å². The molecule has 1 radical (unpaired) electrons. The van der Waals surface area contributed by atoms with Crippen molar-refractivity contribution in [2.45, 2.75) is 174 Å². The number of fused-ring (bicyclic) bond motifs is 6. The minimum Gasteiger partial charge on any atom is -0.537 e. The van der Waals surface area contributed by atoms with Crippen LogP contribution in [0.1, 0.15) is 184 Å². The third kappa shape index (κ3) is 15.4. The fraction of sp³-hybridized carbons (Fsp3) is 0.391. The van der Waals surface area contributed by atoms with Crippen molar-refractivity contribution in [3.8, 4) is 50.3 Å². The zero-order chi connectivity index (χ0) is 55.5. The molecule has 9 rings (SSSR count). The van der Waals surface area contributed by atoms with Crippen LogP contribution in [0.2, 0.25) is 0 Å². The van der Waals surface area contributed by atoms with Crippen LogP contribution in [-0.4, -0.2) is 29.9 Å². The lowest BCUT2D eigenvalue weighted by Gasteiger charge is -2.33. The van der Waals surface area contributed by atoms with Gasteiger partial charge < -0.3 is 19.7 Å². The first-order chi connectivity index (χ1) is 37.9. The number of hydrogen-bond donors (Lipinski definition) is 3. The first-order valence-electron chi connectivity index (χ1n) is 29.2. The topological polar surface area (TPSA) is 69.9 Å². The minimum absolute atomic E-state index is 0.0723. The Labute approximate surface area is 495 Å². The monoisotopic (exact) mass is 1230 g/mol. The summed E-state index contributed by atoms with van der Waals surface area (Å²) in [6.45, 7) is 11.2. The van der Waals surface area contributed by atoms with Crippen molar-refractivity contribution in [3.63, 3.8) is 0 Å². The summed E-state index contributed by atoms with van der Waals surface area (Å²) < 4.78 is 8.72. The average molecular weight is 1240 g/mol. The Balaban J connectivity index is 0.000000201. The van der Waals surface area contributed by atoms with E-state index in [1.54, 1.807) is 11.1 Å². The van der Waals surface area contributed by atoms with Crippen LogP contribution in [0.25, 0.3) is 44.5 Å². The van der Waals surface area contributed by atoms with Gasteiger partial charge in [0.25, 0.3) is 0 Å². The van der Waals surface area contributed by atoms with Crippen molar-refractivity contribution >= 4 is 68.1 Å². The fourth-order valence-electron chi connectivity index (χ4n) is 12.2. The average Bonchev–Trinajstić information content (AvgIpc) is 4.09. The molecule has 2 aliphatic carbocycles. The molecular formula is C69H82B2Br3O4. The van der Waals surface area contributed by atoms with Crippen molar-refractivity contribution in [2.75, 3.05) is 0 Å². The normalized spacial score (nSPS) is 13.0. The summed E-state index contributed by atoms with van der Waals surface area (Å²) >= 11 is 10.6. The summed E-state index contributed by atoms with van der Waals surface area (Å²) in [6.07, 6.45) is 24.4. The van der Waals surface area contributed by atoms with E-state index in [1.807, 2.05) is 36.4 Å². The van der Waals surface area contributed by atoms with E-state index in [4.69, 9.17) is 9.68 Å². The van der Waals surface area contributed by atoms with Crippen molar-refractivity contribution in [1.29, 1.82) is 0 Å². The van der Waals surface area contributed by atoms with Gasteiger partial charge in [-0.15, -0.1) is 0 Å². The van der Waals surface area contributed by atoms with Gasteiger partial charge in [0.1, 0.15) is 5.75 Å². The molecule has 7 aromatic rings. The highest BCUT2D eigenvalue weighted by Gasteiger charge is 2.44. The van der Waals surface area contributed by atoms with E-state index in [9.17, 15) is 10.0 Å². The maximum Gasteiger partial charge on any atom is 0.569 e. The molecule has 4 nitrogen and oxygen atoms in total. The van der Waals surface area contributed by atoms with Crippen LogP contribution in [-0.2, 0) is 10.8 Å². The number of aryl methyl sites for hydroxylation is 1. The Morgan fingerprint density at radius 2 is 0.731 bits per heavy atom. The molecule has 9 heteroatoms. The second-order valence-corrected chi connectivity index (χ2v) is 24.6. The Bertz CT molecular complexity index is 2810. The standard InChI is InChI=1S/C37H40Br2.C25H35B2O4.C7H7Br/c1-3-5-7-9-23-37(24-10-8-6-4-2)35-25-29(27-11-17-31(38)18-12-27)15-21-33(35)34-22-16-30(26-36(34)37)28-13-19-32(39)20-14-28;1-3-5-7-9-15-25(16-10-8-6-4-2)23-17-19(27(29)30)11-13-21(23)22-14-12-20(31-26-28)18-24(22)25;1-6-2-4-7(8)5-3-6/h11-22,25-26H,3-10,23-24H2,1-2H3;11-14,17-18,28-30H,3-10,15-16H2,1-2H3;2-5H,1H3. The van der Waals surface area contributed by atoms with Crippen LogP contribution >= 0.6 is 47.8 Å². The van der Waals surface area contributed by atoms with Gasteiger partial charge in [-0.25, -0.2) is 0 Å². The van der Waals surface area contributed by atoms with Crippen LogP contribution < -0.4 is 10.1 Å². The number of rotatable bonds is 25. The molecule has 0 aliphatic heterocycles. The van der Waals surface area contributed by atoms with E-state index in [0.717, 1.165) is 46.8 Å². The number of hydrogen-bond acceptors (Lipinski definition) is 4. The zero-order valence-corrected chi connectivity index (χ0v) is 51.8. The molecule has 0 spiro atoms. The molecule has 2 aliphatic rings. The Morgan fingerprint density at radius 3 is 1.09 bits per heavy atom. The maximum absolute atomic E-state index is 9.85. The highest BCUT2D eigenvalue weighted by Crippen LogP contribution is 2.57. The van der Waals surface area contributed by atoms with Crippen molar-refractivity contribution in [1.82, 2.24) is 0 Å². The molecular weight excluding hydrogens is 1150 g/mol. The number of halogens is 3. The molecule has 0 saturated heterocycles. The fourth-order valence-corrected chi connectivity index (χ4v) is 13.0. The smallest absolute Gasteiger partial charge is 0.537 e. The first-order valence-corrected chi connectivity index (χ1v) is 31.6. The largest absolute Gasteiger partial charge is 0.569 e. The summed E-state index contributed by atoms with van der Waals surface area (Å²) in [7, 11) is -0.747. The lowest BCUT2D eigenvalue weighted by atomic mass is 9.68. The summed E-state index contributed by atoms with van der Waals surface area (Å²) in [6, 6.07) is 52.2. The molecule has 409 valence electrons. The van der Waals surface area contributed by atoms with Gasteiger partial charge in [0.2, 0.25) is 0 Å². The minimum atomic E-state index is -1.48. The Hall–Kier alpha value is -4.21. The van der Waals surface area contributed by atoms with Gasteiger partial charge in [0.15, 0.2) is 0 Å². The molecule has 3 N–H and O–H groups in total. The lowest BCUT2D eigenvalue weighted by Crippen LogP contribution is -2.32. The lowest BCUT2D eigenvalue weighted by molar-refractivity contribution is 0.398. The van der Waals surface area contributed by atoms with Gasteiger partial charge in [-0.2, -0.15) is 0 Å². The molecule has 78 heavy (non-hydrogen) atoms. The third-order valence-corrected chi connectivity index (χ3v) is 18.0. The SMILES string of the molecule is CCCCCCC1(CCCCCC)c2cc(-c3ccc(Br)cc3)ccc2-c2ccc(-c3ccc(Br)cc3)cc21.CCCCCCC1(CCCCCC)c2cc(O[B]O)ccc2-c2ccc(B(O)O)cc21.Cc1ccc(Br)cc1. The molecule has 0 heterocycles. The van der Waals surface area contributed by atoms with Gasteiger partial charge in [-0.3, -0.25) is 0 Å². The molecule has 0 atom stereocenters. The summed E-state index contributed by atoms with van der Waals surface area (Å²) in [5.74, 6) is 0.628. The van der Waals surface area contributed by atoms with E-state index < -0.39 is 7.12 Å². The predicted octanol–water partition coefficient (Wildman–Crippen LogP) is 20.0. The van der Waals surface area contributed by atoms with Gasteiger partial charge >= 0.3 is 14.8 Å². The summed E-state index contributed by atoms with van der Waals surface area (Å²) in [5.41, 5.74) is 17.8. The summed E-state index contributed by atoms with van der Waals surface area (Å²) in [5, 5.41) is 28.9. The van der Waals surface area contributed by atoms with E-state index in [2.05, 4.69) is 192 Å². The van der Waals surface area contributed by atoms with E-state index in [1.165, 1.54) is 164 Å². The Morgan fingerprint density at radius 1 is 0.397 bits per heavy atom. The molecule has 0 aromatic heterocycles. The number of benzene rings is 7. The molecule has 0 bridgehead atoms. The molecule has 0 saturated carbocycles. The Kier molecular flexibility index (Phi) is 24.1. The van der Waals surface area contributed by atoms with Crippen LogP contribution in [0.3, 0.4) is 0 Å². The second kappa shape index (κ2) is 30.6. The van der Waals surface area contributed by atoms with E-state index >= 15 is 0 Å². The predicted molar refractivity (Wildman–Crippen MR) is 344 cm³/mol. The van der Waals surface area contributed by atoms with Gasteiger partial charge in [0, 0.05) is 24.2 Å². The third-order valence-electron chi connectivity index (χ3n) is 16.4. The van der Waals surface area contributed by atoms with Crippen molar-refractivity contribution in [2.24, 2.45) is 0 Å². The maximum atomic E-state index is 9.85. The van der Waals surface area contributed by atoms with Gasteiger partial charge in [-0.05, 0) is 165 Å². The second-order valence-electron chi connectivity index (χ2n) is 21.8. The van der Waals surface area contributed by atoms with E-state index in [-0.39, 0.29) is 10.8 Å². The van der Waals surface area contributed by atoms with Gasteiger partial charge in [-0.1, -0.05) is 269 Å². The zero-order valence-electron chi connectivity index (χ0n) is 47.0. The van der Waals surface area contributed by atoms with Crippen molar-refractivity contribution < 1.29 is 19.7 Å². The van der Waals surface area contributed by atoms with E-state index in [0.29, 0.717) is 11.2 Å². The molecule has 0 unspecified atom stereocenters. The quantitative estimate of drug-likeness (QED) is 0.0394. The highest BCUT2D eigenvalue weighted by atomic mass is 79.9. The molecule has 0 amide bonds. The molecule has 0 fully saturated rings. The first kappa shape index (κ1) is 61.4. The number of unbranched alkanes of at least 4 members (excludes halogenated alkanes) is 12. The van der Waals surface area contributed by atoms with Crippen LogP contribution in [0.4, 0.5) is 0 Å². The molecule has 7 aromatic carbocycles. The van der Waals surface area contributed by atoms with Crippen LogP contribution in [0.15, 0.2) is 159 Å². The van der Waals surface area contributed by atoms with Gasteiger partial charge in [0.05, 0.1) is 0 Å². The summed E-state index contributed by atoms with van der Waals surface area (Å²) in [4.78, 5) is 0. The highest BCUT2D eigenvalue weighted by molar-refractivity contribution is 9.11. The van der Waals surface area contributed by atoms with Crippen LogP contribution in [0, 0.1) is 6.92 Å².